The van der Waals surface area contributed by atoms with Crippen LogP contribution in [0.3, 0.4) is 0 Å². The third-order valence-electron chi connectivity index (χ3n) is 2.57. The molecule has 0 unspecified atom stereocenters. The molecule has 0 radical (unpaired) electrons. The van der Waals surface area contributed by atoms with Gasteiger partial charge < -0.3 is 10.6 Å². The van der Waals surface area contributed by atoms with Crippen molar-refractivity contribution in [2.75, 3.05) is 26.2 Å². The molecule has 3 nitrogen and oxygen atoms in total. The van der Waals surface area contributed by atoms with Crippen molar-refractivity contribution in [3.8, 4) is 0 Å². The maximum atomic E-state index is 4.11. The summed E-state index contributed by atoms with van der Waals surface area (Å²) >= 11 is 0. The molecule has 3 heteroatoms. The second-order valence-electron chi connectivity index (χ2n) is 4.81. The van der Waals surface area contributed by atoms with Crippen LogP contribution in [0, 0.1) is 5.92 Å². The number of nitrogens with zero attached hydrogens (tertiary/aromatic N) is 1. The first-order valence-electron chi connectivity index (χ1n) is 6.59. The minimum absolute atomic E-state index is 0.737. The number of pyridine rings is 1. The number of nitrogens with one attached hydrogen (secondary N) is 2. The van der Waals surface area contributed by atoms with Gasteiger partial charge in [0.1, 0.15) is 0 Å². The first kappa shape index (κ1) is 14.1. The second-order valence-corrected chi connectivity index (χ2v) is 4.81. The molecule has 0 fully saturated rings. The largest absolute Gasteiger partial charge is 0.315 e. The average molecular weight is 235 g/mol. The van der Waals surface area contributed by atoms with E-state index in [2.05, 4.69) is 35.5 Å². The molecule has 0 aliphatic heterocycles. The summed E-state index contributed by atoms with van der Waals surface area (Å²) in [7, 11) is 0. The lowest BCUT2D eigenvalue weighted by molar-refractivity contribution is 0.532. The van der Waals surface area contributed by atoms with Crippen molar-refractivity contribution in [2.24, 2.45) is 5.92 Å². The number of hydrogen-bond donors (Lipinski definition) is 2. The average Bonchev–Trinajstić information content (AvgIpc) is 2.33. The minimum Gasteiger partial charge on any atom is -0.315 e. The van der Waals surface area contributed by atoms with E-state index in [1.54, 1.807) is 0 Å². The van der Waals surface area contributed by atoms with Gasteiger partial charge in [-0.05, 0) is 43.5 Å². The lowest BCUT2D eigenvalue weighted by Gasteiger charge is -2.08. The van der Waals surface area contributed by atoms with Crippen LogP contribution in [0.2, 0.25) is 0 Å². The Morgan fingerprint density at radius 1 is 1.18 bits per heavy atom. The lowest BCUT2D eigenvalue weighted by atomic mass is 10.1. The van der Waals surface area contributed by atoms with E-state index in [-0.39, 0.29) is 0 Å². The Hall–Kier alpha value is -0.930. The fourth-order valence-corrected chi connectivity index (χ4v) is 1.66. The summed E-state index contributed by atoms with van der Waals surface area (Å²) in [4.78, 5) is 4.11. The molecule has 2 N–H and O–H groups in total. The highest BCUT2D eigenvalue weighted by Gasteiger charge is 1.94. The molecule has 17 heavy (non-hydrogen) atoms. The van der Waals surface area contributed by atoms with Crippen LogP contribution in [0.15, 0.2) is 24.5 Å². The first-order chi connectivity index (χ1) is 8.29. The molecule has 1 rings (SSSR count). The SMILES string of the molecule is CC(C)CNCCNCCCc1cccnc1. The van der Waals surface area contributed by atoms with Crippen molar-refractivity contribution in [3.63, 3.8) is 0 Å². The Bertz CT molecular complexity index is 272. The van der Waals surface area contributed by atoms with E-state index in [0.717, 1.165) is 38.5 Å². The van der Waals surface area contributed by atoms with Crippen LogP contribution in [0.5, 0.6) is 0 Å². The highest BCUT2D eigenvalue weighted by molar-refractivity contribution is 5.08. The summed E-state index contributed by atoms with van der Waals surface area (Å²) < 4.78 is 0. The van der Waals surface area contributed by atoms with Crippen molar-refractivity contribution in [1.29, 1.82) is 0 Å². The molecule has 0 aliphatic rings. The topological polar surface area (TPSA) is 37.0 Å². The van der Waals surface area contributed by atoms with Gasteiger partial charge in [-0.25, -0.2) is 0 Å². The molecule has 0 spiro atoms. The van der Waals surface area contributed by atoms with Gasteiger partial charge in [-0.3, -0.25) is 4.98 Å². The van der Waals surface area contributed by atoms with Crippen LogP contribution in [-0.4, -0.2) is 31.2 Å². The Balaban J connectivity index is 1.88. The molecule has 0 bridgehead atoms. The third kappa shape index (κ3) is 7.88. The number of rotatable bonds is 9. The molecule has 0 aromatic carbocycles. The highest BCUT2D eigenvalue weighted by atomic mass is 14.9. The monoisotopic (exact) mass is 235 g/mol. The molecule has 0 atom stereocenters. The van der Waals surface area contributed by atoms with Gasteiger partial charge in [0, 0.05) is 25.5 Å². The third-order valence-corrected chi connectivity index (χ3v) is 2.57. The minimum atomic E-state index is 0.737. The summed E-state index contributed by atoms with van der Waals surface area (Å²) in [6.07, 6.45) is 6.06. The summed E-state index contributed by atoms with van der Waals surface area (Å²) in [6, 6.07) is 4.13. The Morgan fingerprint density at radius 3 is 2.71 bits per heavy atom. The predicted octanol–water partition coefficient (Wildman–Crippen LogP) is 1.85. The quantitative estimate of drug-likeness (QED) is 0.641. The first-order valence-corrected chi connectivity index (χ1v) is 6.59. The molecule has 1 aromatic rings. The van der Waals surface area contributed by atoms with Gasteiger partial charge in [-0.1, -0.05) is 19.9 Å². The summed E-state index contributed by atoms with van der Waals surface area (Å²) in [5.74, 6) is 0.737. The zero-order valence-electron chi connectivity index (χ0n) is 11.1. The number of aryl methyl sites for hydroxylation is 1. The molecule has 0 saturated carbocycles. The van der Waals surface area contributed by atoms with Crippen LogP contribution < -0.4 is 10.6 Å². The lowest BCUT2D eigenvalue weighted by Crippen LogP contribution is -2.30. The Morgan fingerprint density at radius 2 is 2.00 bits per heavy atom. The standard InChI is InChI=1S/C14H25N3/c1-13(2)11-17-10-9-15-7-3-5-14-6-4-8-16-12-14/h4,6,8,12-13,15,17H,3,5,7,9-11H2,1-2H3. The van der Waals surface area contributed by atoms with E-state index < -0.39 is 0 Å². The van der Waals surface area contributed by atoms with E-state index in [1.807, 2.05) is 18.5 Å². The zero-order valence-corrected chi connectivity index (χ0v) is 11.1. The zero-order chi connectivity index (χ0) is 12.3. The molecule has 0 amide bonds. The Kier molecular flexibility index (Phi) is 7.60. The van der Waals surface area contributed by atoms with Crippen molar-refractivity contribution < 1.29 is 0 Å². The summed E-state index contributed by atoms with van der Waals surface area (Å²) in [6.45, 7) is 8.77. The van der Waals surface area contributed by atoms with E-state index in [9.17, 15) is 0 Å². The maximum absolute atomic E-state index is 4.11. The van der Waals surface area contributed by atoms with Gasteiger partial charge in [-0.15, -0.1) is 0 Å². The Labute approximate surface area is 105 Å². The molecule has 1 aromatic heterocycles. The molecule has 1 heterocycles. The van der Waals surface area contributed by atoms with Crippen molar-refractivity contribution >= 4 is 0 Å². The van der Waals surface area contributed by atoms with Crippen LogP contribution >= 0.6 is 0 Å². The van der Waals surface area contributed by atoms with E-state index in [4.69, 9.17) is 0 Å². The second kappa shape index (κ2) is 9.14. The fourth-order valence-electron chi connectivity index (χ4n) is 1.66. The smallest absolute Gasteiger partial charge is 0.0299 e. The number of aromatic nitrogens is 1. The van der Waals surface area contributed by atoms with Gasteiger partial charge in [0.2, 0.25) is 0 Å². The van der Waals surface area contributed by atoms with E-state index in [0.29, 0.717) is 0 Å². The van der Waals surface area contributed by atoms with Gasteiger partial charge in [0.25, 0.3) is 0 Å². The van der Waals surface area contributed by atoms with Crippen molar-refractivity contribution in [1.82, 2.24) is 15.6 Å². The maximum Gasteiger partial charge on any atom is 0.0299 e. The van der Waals surface area contributed by atoms with Gasteiger partial charge in [-0.2, -0.15) is 0 Å². The molecule has 0 saturated heterocycles. The van der Waals surface area contributed by atoms with Crippen molar-refractivity contribution in [2.45, 2.75) is 26.7 Å². The summed E-state index contributed by atoms with van der Waals surface area (Å²) in [5.41, 5.74) is 1.33. The van der Waals surface area contributed by atoms with E-state index in [1.165, 1.54) is 12.0 Å². The van der Waals surface area contributed by atoms with Crippen LogP contribution in [-0.2, 0) is 6.42 Å². The fraction of sp³-hybridized carbons (Fsp3) is 0.643. The van der Waals surface area contributed by atoms with Gasteiger partial charge >= 0.3 is 0 Å². The predicted molar refractivity (Wildman–Crippen MR) is 73.1 cm³/mol. The molecular weight excluding hydrogens is 210 g/mol. The normalized spacial score (nSPS) is 11.0. The van der Waals surface area contributed by atoms with Crippen LogP contribution in [0.1, 0.15) is 25.8 Å². The van der Waals surface area contributed by atoms with Gasteiger partial charge in [0.05, 0.1) is 0 Å². The molecular formula is C14H25N3. The van der Waals surface area contributed by atoms with Crippen LogP contribution in [0.4, 0.5) is 0 Å². The molecule has 96 valence electrons. The van der Waals surface area contributed by atoms with Crippen molar-refractivity contribution in [3.05, 3.63) is 30.1 Å². The van der Waals surface area contributed by atoms with Crippen LogP contribution in [0.25, 0.3) is 0 Å². The van der Waals surface area contributed by atoms with E-state index >= 15 is 0 Å². The molecule has 0 aliphatic carbocycles. The summed E-state index contributed by atoms with van der Waals surface area (Å²) in [5, 5.41) is 6.87. The van der Waals surface area contributed by atoms with Gasteiger partial charge in [0.15, 0.2) is 0 Å². The number of hydrogen-bond acceptors (Lipinski definition) is 3. The highest BCUT2D eigenvalue weighted by Crippen LogP contribution is 1.98.